The van der Waals surface area contributed by atoms with Gasteiger partial charge in [-0.15, -0.1) is 0 Å². The molecule has 1 unspecified atom stereocenters. The molecule has 0 aliphatic carbocycles. The Hall–Kier alpha value is -1.39. The van der Waals surface area contributed by atoms with Crippen molar-refractivity contribution in [3.05, 3.63) is 47.6 Å². The van der Waals surface area contributed by atoms with Gasteiger partial charge in [-0.1, -0.05) is 18.5 Å². The highest BCUT2D eigenvalue weighted by Crippen LogP contribution is 2.45. The Morgan fingerprint density at radius 2 is 2.00 bits per heavy atom. The monoisotopic (exact) mass is 395 g/mol. The third kappa shape index (κ3) is 4.86. The molecule has 1 fully saturated rings. The summed E-state index contributed by atoms with van der Waals surface area (Å²) in [5.41, 5.74) is 1.55. The van der Waals surface area contributed by atoms with Crippen molar-refractivity contribution in [3.8, 4) is 17.0 Å². The minimum absolute atomic E-state index is 0.0365. The maximum Gasteiger partial charge on any atom is 0.376 e. The molecule has 7 heteroatoms. The van der Waals surface area contributed by atoms with Crippen LogP contribution in [0.15, 0.2) is 42.6 Å². The van der Waals surface area contributed by atoms with Gasteiger partial charge in [0.15, 0.2) is 0 Å². The Balaban J connectivity index is 1.59. The first-order valence-electron chi connectivity index (χ1n) is 8.62. The number of pyridine rings is 1. The SMILES string of the molecule is C[C@@H]1O[C@H](COP(C)(=O)Oc2ccc(-c3ncccc3Cl)cc2)C[C@@H]1C. The largest absolute Gasteiger partial charge is 0.425 e. The summed E-state index contributed by atoms with van der Waals surface area (Å²) in [6.07, 6.45) is 2.75. The second kappa shape index (κ2) is 8.10. The van der Waals surface area contributed by atoms with Crippen LogP contribution in [0, 0.1) is 5.92 Å². The van der Waals surface area contributed by atoms with Crippen molar-refractivity contribution < 1.29 is 18.3 Å². The Kier molecular flexibility index (Phi) is 6.03. The number of benzene rings is 1. The molecular weight excluding hydrogens is 373 g/mol. The van der Waals surface area contributed by atoms with E-state index >= 15 is 0 Å². The van der Waals surface area contributed by atoms with E-state index in [1.54, 1.807) is 30.5 Å². The summed E-state index contributed by atoms with van der Waals surface area (Å²) in [6, 6.07) is 10.7. The molecule has 0 bridgehead atoms. The Labute approximate surface area is 159 Å². The average Bonchev–Trinajstić information content (AvgIpc) is 2.92. The van der Waals surface area contributed by atoms with Gasteiger partial charge in [-0.3, -0.25) is 9.51 Å². The molecule has 1 aliphatic heterocycles. The predicted molar refractivity (Wildman–Crippen MR) is 103 cm³/mol. The summed E-state index contributed by atoms with van der Waals surface area (Å²) < 4.78 is 29.4. The van der Waals surface area contributed by atoms with Gasteiger partial charge in [0.05, 0.1) is 29.5 Å². The first kappa shape index (κ1) is 19.4. The molecule has 5 nitrogen and oxygen atoms in total. The van der Waals surface area contributed by atoms with Crippen molar-refractivity contribution in [2.75, 3.05) is 13.3 Å². The van der Waals surface area contributed by atoms with Crippen molar-refractivity contribution in [2.45, 2.75) is 32.5 Å². The van der Waals surface area contributed by atoms with Crippen LogP contribution in [0.5, 0.6) is 5.75 Å². The van der Waals surface area contributed by atoms with Crippen molar-refractivity contribution in [2.24, 2.45) is 5.92 Å². The molecule has 1 saturated heterocycles. The van der Waals surface area contributed by atoms with E-state index in [2.05, 4.69) is 11.9 Å². The van der Waals surface area contributed by atoms with E-state index in [4.69, 9.17) is 25.4 Å². The third-order valence-electron chi connectivity index (χ3n) is 4.50. The quantitative estimate of drug-likeness (QED) is 0.610. The molecule has 0 radical (unpaired) electrons. The second-order valence-electron chi connectivity index (χ2n) is 6.69. The van der Waals surface area contributed by atoms with Gasteiger partial charge in [0, 0.05) is 18.4 Å². The maximum atomic E-state index is 12.6. The molecule has 4 atom stereocenters. The Morgan fingerprint density at radius 1 is 1.27 bits per heavy atom. The van der Waals surface area contributed by atoms with Gasteiger partial charge in [-0.2, -0.15) is 0 Å². The molecule has 140 valence electrons. The van der Waals surface area contributed by atoms with Crippen molar-refractivity contribution >= 4 is 19.2 Å². The Morgan fingerprint density at radius 3 is 2.62 bits per heavy atom. The van der Waals surface area contributed by atoms with Gasteiger partial charge in [0.2, 0.25) is 0 Å². The summed E-state index contributed by atoms with van der Waals surface area (Å²) in [5.74, 6) is 0.951. The lowest BCUT2D eigenvalue weighted by Gasteiger charge is -2.18. The van der Waals surface area contributed by atoms with Crippen LogP contribution in [-0.2, 0) is 13.8 Å². The summed E-state index contributed by atoms with van der Waals surface area (Å²) in [5, 5.41) is 0.575. The molecule has 0 N–H and O–H groups in total. The zero-order valence-corrected chi connectivity index (χ0v) is 16.7. The normalized spacial score (nSPS) is 25.0. The van der Waals surface area contributed by atoms with Crippen LogP contribution in [0.25, 0.3) is 11.3 Å². The molecule has 0 spiro atoms. The highest BCUT2D eigenvalue weighted by molar-refractivity contribution is 7.53. The van der Waals surface area contributed by atoms with E-state index in [0.29, 0.717) is 22.4 Å². The molecule has 1 aliphatic rings. The van der Waals surface area contributed by atoms with Gasteiger partial charge in [0.1, 0.15) is 5.75 Å². The van der Waals surface area contributed by atoms with E-state index < -0.39 is 7.60 Å². The standard InChI is InChI=1S/C19H23ClNO4P/c1-13-11-17(24-14(13)2)12-23-26(3,22)25-16-8-6-15(7-9-16)19-18(20)5-4-10-21-19/h4-10,13-14,17H,11-12H2,1-3H3/t13-,14-,17-,26?/m0/s1. The van der Waals surface area contributed by atoms with E-state index in [-0.39, 0.29) is 18.8 Å². The van der Waals surface area contributed by atoms with Crippen LogP contribution in [0.3, 0.4) is 0 Å². The van der Waals surface area contributed by atoms with Crippen molar-refractivity contribution in [3.63, 3.8) is 0 Å². The smallest absolute Gasteiger partial charge is 0.376 e. The van der Waals surface area contributed by atoms with Crippen molar-refractivity contribution in [1.29, 1.82) is 0 Å². The fourth-order valence-corrected chi connectivity index (χ4v) is 4.14. The van der Waals surface area contributed by atoms with Crippen molar-refractivity contribution in [1.82, 2.24) is 4.98 Å². The van der Waals surface area contributed by atoms with Gasteiger partial charge in [-0.25, -0.2) is 4.57 Å². The van der Waals surface area contributed by atoms with E-state index in [1.807, 2.05) is 19.1 Å². The summed E-state index contributed by atoms with van der Waals surface area (Å²) in [6.45, 7) is 5.92. The van der Waals surface area contributed by atoms with E-state index in [9.17, 15) is 4.57 Å². The first-order chi connectivity index (χ1) is 12.3. The van der Waals surface area contributed by atoms with Crippen LogP contribution in [0.4, 0.5) is 0 Å². The molecular formula is C19H23ClNO4P. The summed E-state index contributed by atoms with van der Waals surface area (Å²) in [7, 11) is -3.22. The highest BCUT2D eigenvalue weighted by Gasteiger charge is 2.31. The fourth-order valence-electron chi connectivity index (χ4n) is 2.92. The van der Waals surface area contributed by atoms with Crippen LogP contribution >= 0.6 is 19.2 Å². The minimum Gasteiger partial charge on any atom is -0.425 e. The molecule has 26 heavy (non-hydrogen) atoms. The van der Waals surface area contributed by atoms with Gasteiger partial charge < -0.3 is 9.26 Å². The number of aromatic nitrogens is 1. The number of hydrogen-bond donors (Lipinski definition) is 0. The lowest BCUT2D eigenvalue weighted by atomic mass is 10.0. The van der Waals surface area contributed by atoms with Crippen LogP contribution < -0.4 is 4.52 Å². The molecule has 1 aromatic heterocycles. The second-order valence-corrected chi connectivity index (χ2v) is 9.08. The molecule has 2 aromatic rings. The third-order valence-corrected chi connectivity index (χ3v) is 5.96. The van der Waals surface area contributed by atoms with Crippen LogP contribution in [-0.4, -0.2) is 30.5 Å². The highest BCUT2D eigenvalue weighted by atomic mass is 35.5. The minimum atomic E-state index is -3.22. The first-order valence-corrected chi connectivity index (χ1v) is 11.0. The molecule has 3 rings (SSSR count). The molecule has 2 heterocycles. The van der Waals surface area contributed by atoms with E-state index in [1.165, 1.54) is 6.66 Å². The summed E-state index contributed by atoms with van der Waals surface area (Å²) >= 11 is 6.16. The molecule has 0 amide bonds. The Bertz CT molecular complexity index is 788. The zero-order valence-electron chi connectivity index (χ0n) is 15.1. The van der Waals surface area contributed by atoms with Gasteiger partial charge >= 0.3 is 7.60 Å². The van der Waals surface area contributed by atoms with E-state index in [0.717, 1.165) is 12.0 Å². The molecule has 1 aromatic carbocycles. The van der Waals surface area contributed by atoms with Gasteiger partial charge in [-0.05, 0) is 55.7 Å². The zero-order chi connectivity index (χ0) is 18.7. The number of ether oxygens (including phenoxy) is 1. The number of halogens is 1. The summed E-state index contributed by atoms with van der Waals surface area (Å²) in [4.78, 5) is 4.27. The topological polar surface area (TPSA) is 57.7 Å². The number of hydrogen-bond acceptors (Lipinski definition) is 5. The fraction of sp³-hybridized carbons (Fsp3) is 0.421. The van der Waals surface area contributed by atoms with Crippen LogP contribution in [0.2, 0.25) is 5.02 Å². The number of rotatable bonds is 6. The average molecular weight is 396 g/mol. The number of nitrogens with zero attached hydrogens (tertiary/aromatic N) is 1. The molecule has 0 saturated carbocycles. The van der Waals surface area contributed by atoms with Crippen LogP contribution in [0.1, 0.15) is 20.3 Å². The lowest BCUT2D eigenvalue weighted by Crippen LogP contribution is -2.15. The lowest BCUT2D eigenvalue weighted by molar-refractivity contribution is 0.0194. The maximum absolute atomic E-state index is 12.6. The van der Waals surface area contributed by atoms with Gasteiger partial charge in [0.25, 0.3) is 0 Å². The predicted octanol–water partition coefficient (Wildman–Crippen LogP) is 5.43.